The highest BCUT2D eigenvalue weighted by Crippen LogP contribution is 2.26. The average molecular weight is 381 g/mol. The number of anilines is 1. The van der Waals surface area contributed by atoms with Gasteiger partial charge in [0, 0.05) is 10.0 Å². The van der Waals surface area contributed by atoms with E-state index >= 15 is 0 Å². The fourth-order valence-electron chi connectivity index (χ4n) is 2.28. The number of nitrogens with one attached hydrogen (secondary N) is 1. The standard InChI is InChI=1S/C17H12Cl3N3O/c1-10-14(9-21-23(10)13-4-2-3-11(18)7-13)17(24)22-16-8-12(19)5-6-15(16)20/h2-9H,1H3,(H,22,24). The summed E-state index contributed by atoms with van der Waals surface area (Å²) in [5.74, 6) is -0.315. The third-order valence-electron chi connectivity index (χ3n) is 3.48. The quantitative estimate of drug-likeness (QED) is 0.662. The Morgan fingerprint density at radius 3 is 2.58 bits per heavy atom. The number of benzene rings is 2. The Bertz CT molecular complexity index is 921. The molecule has 0 fully saturated rings. The summed E-state index contributed by atoms with van der Waals surface area (Å²) in [5, 5.41) is 8.51. The van der Waals surface area contributed by atoms with E-state index in [1.165, 1.54) is 6.20 Å². The molecule has 0 saturated carbocycles. The third kappa shape index (κ3) is 3.41. The first-order valence-electron chi connectivity index (χ1n) is 7.02. The molecule has 24 heavy (non-hydrogen) atoms. The van der Waals surface area contributed by atoms with E-state index in [4.69, 9.17) is 34.8 Å². The van der Waals surface area contributed by atoms with Crippen LogP contribution in [0.2, 0.25) is 15.1 Å². The van der Waals surface area contributed by atoms with Crippen LogP contribution in [0.4, 0.5) is 5.69 Å². The number of rotatable bonds is 3. The summed E-state index contributed by atoms with van der Waals surface area (Å²) in [6, 6.07) is 12.1. The van der Waals surface area contributed by atoms with E-state index in [1.54, 1.807) is 35.0 Å². The van der Waals surface area contributed by atoms with Gasteiger partial charge in [-0.3, -0.25) is 4.79 Å². The van der Waals surface area contributed by atoms with Crippen molar-refractivity contribution in [3.8, 4) is 5.69 Å². The zero-order chi connectivity index (χ0) is 17.3. The second-order valence-corrected chi connectivity index (χ2v) is 6.39. The number of carbonyl (C=O) groups excluding carboxylic acids is 1. The normalized spacial score (nSPS) is 10.7. The minimum absolute atomic E-state index is 0.315. The molecule has 0 spiro atoms. The summed E-state index contributed by atoms with van der Waals surface area (Å²) < 4.78 is 1.65. The maximum Gasteiger partial charge on any atom is 0.259 e. The third-order valence-corrected chi connectivity index (χ3v) is 4.28. The summed E-state index contributed by atoms with van der Waals surface area (Å²) in [6.07, 6.45) is 1.50. The Morgan fingerprint density at radius 1 is 1.08 bits per heavy atom. The summed E-state index contributed by atoms with van der Waals surface area (Å²) in [4.78, 5) is 12.5. The van der Waals surface area contributed by atoms with Crippen LogP contribution in [0, 0.1) is 6.92 Å². The van der Waals surface area contributed by atoms with Crippen LogP contribution in [0.15, 0.2) is 48.7 Å². The van der Waals surface area contributed by atoms with Gasteiger partial charge in [-0.1, -0.05) is 40.9 Å². The molecule has 0 saturated heterocycles. The molecule has 0 aliphatic rings. The molecule has 0 unspecified atom stereocenters. The van der Waals surface area contributed by atoms with Crippen molar-refractivity contribution >= 4 is 46.4 Å². The lowest BCUT2D eigenvalue weighted by molar-refractivity contribution is 0.102. The van der Waals surface area contributed by atoms with Gasteiger partial charge < -0.3 is 5.32 Å². The number of carbonyl (C=O) groups is 1. The molecular weight excluding hydrogens is 369 g/mol. The lowest BCUT2D eigenvalue weighted by Gasteiger charge is -2.08. The van der Waals surface area contributed by atoms with Crippen molar-refractivity contribution in [3.05, 3.63) is 75.0 Å². The Labute approximate surface area is 154 Å². The molecule has 1 amide bonds. The summed E-state index contributed by atoms with van der Waals surface area (Å²) in [7, 11) is 0. The molecule has 0 atom stereocenters. The molecule has 0 aliphatic heterocycles. The second-order valence-electron chi connectivity index (χ2n) is 5.11. The molecule has 1 N–H and O–H groups in total. The van der Waals surface area contributed by atoms with Gasteiger partial charge >= 0.3 is 0 Å². The topological polar surface area (TPSA) is 46.9 Å². The molecule has 4 nitrogen and oxygen atoms in total. The summed E-state index contributed by atoms with van der Waals surface area (Å²) in [6.45, 7) is 1.81. The Hall–Kier alpha value is -2.01. The van der Waals surface area contributed by atoms with E-state index in [2.05, 4.69) is 10.4 Å². The largest absolute Gasteiger partial charge is 0.320 e. The Balaban J connectivity index is 1.90. The second kappa shape index (κ2) is 6.85. The SMILES string of the molecule is Cc1c(C(=O)Nc2cc(Cl)ccc2Cl)cnn1-c1cccc(Cl)c1. The van der Waals surface area contributed by atoms with Crippen LogP contribution in [0.25, 0.3) is 5.69 Å². The van der Waals surface area contributed by atoms with Crippen LogP contribution in [0.1, 0.15) is 16.1 Å². The highest BCUT2D eigenvalue weighted by molar-refractivity contribution is 6.36. The zero-order valence-corrected chi connectivity index (χ0v) is 14.8. The smallest absolute Gasteiger partial charge is 0.259 e. The molecule has 2 aromatic carbocycles. The van der Waals surface area contributed by atoms with E-state index in [0.717, 1.165) is 5.69 Å². The van der Waals surface area contributed by atoms with Gasteiger partial charge in [0.25, 0.3) is 5.91 Å². The van der Waals surface area contributed by atoms with Crippen molar-refractivity contribution in [3.63, 3.8) is 0 Å². The first-order valence-corrected chi connectivity index (χ1v) is 8.16. The van der Waals surface area contributed by atoms with Gasteiger partial charge in [0.05, 0.1) is 33.9 Å². The van der Waals surface area contributed by atoms with Gasteiger partial charge in [0.15, 0.2) is 0 Å². The fourth-order valence-corrected chi connectivity index (χ4v) is 2.81. The molecule has 0 radical (unpaired) electrons. The minimum Gasteiger partial charge on any atom is -0.320 e. The van der Waals surface area contributed by atoms with Crippen molar-refractivity contribution in [2.24, 2.45) is 0 Å². The van der Waals surface area contributed by atoms with E-state index in [-0.39, 0.29) is 5.91 Å². The van der Waals surface area contributed by atoms with Gasteiger partial charge in [0.1, 0.15) is 0 Å². The van der Waals surface area contributed by atoms with E-state index in [0.29, 0.717) is 32.0 Å². The monoisotopic (exact) mass is 379 g/mol. The highest BCUT2D eigenvalue weighted by atomic mass is 35.5. The summed E-state index contributed by atoms with van der Waals surface area (Å²) >= 11 is 18.0. The van der Waals surface area contributed by atoms with Gasteiger partial charge in [-0.05, 0) is 43.3 Å². The van der Waals surface area contributed by atoms with Crippen molar-refractivity contribution in [2.75, 3.05) is 5.32 Å². The van der Waals surface area contributed by atoms with Crippen LogP contribution >= 0.6 is 34.8 Å². The van der Waals surface area contributed by atoms with Crippen molar-refractivity contribution in [1.82, 2.24) is 9.78 Å². The van der Waals surface area contributed by atoms with Crippen LogP contribution < -0.4 is 5.32 Å². The average Bonchev–Trinajstić information content (AvgIpc) is 2.92. The lowest BCUT2D eigenvalue weighted by atomic mass is 10.2. The molecule has 3 aromatic rings. The van der Waals surface area contributed by atoms with Crippen LogP contribution in [-0.4, -0.2) is 15.7 Å². The molecular formula is C17H12Cl3N3O. The Kier molecular flexibility index (Phi) is 4.81. The predicted molar refractivity (Wildman–Crippen MR) is 97.7 cm³/mol. The minimum atomic E-state index is -0.315. The molecule has 0 aliphatic carbocycles. The first-order chi connectivity index (χ1) is 11.5. The number of aromatic nitrogens is 2. The maximum absolute atomic E-state index is 12.5. The molecule has 7 heteroatoms. The lowest BCUT2D eigenvalue weighted by Crippen LogP contribution is -2.13. The highest BCUT2D eigenvalue weighted by Gasteiger charge is 2.16. The number of hydrogen-bond acceptors (Lipinski definition) is 2. The number of halogens is 3. The van der Waals surface area contributed by atoms with Gasteiger partial charge in [-0.15, -0.1) is 0 Å². The van der Waals surface area contributed by atoms with Crippen molar-refractivity contribution in [1.29, 1.82) is 0 Å². The maximum atomic E-state index is 12.5. The number of nitrogens with zero attached hydrogens (tertiary/aromatic N) is 2. The molecule has 122 valence electrons. The number of hydrogen-bond donors (Lipinski definition) is 1. The van der Waals surface area contributed by atoms with Crippen molar-refractivity contribution in [2.45, 2.75) is 6.92 Å². The number of amides is 1. The van der Waals surface area contributed by atoms with Crippen LogP contribution in [0.3, 0.4) is 0 Å². The zero-order valence-electron chi connectivity index (χ0n) is 12.6. The van der Waals surface area contributed by atoms with Crippen molar-refractivity contribution < 1.29 is 4.79 Å². The molecule has 3 rings (SSSR count). The summed E-state index contributed by atoms with van der Waals surface area (Å²) in [5.41, 5.74) is 2.35. The van der Waals surface area contributed by atoms with Gasteiger partial charge in [0.2, 0.25) is 0 Å². The van der Waals surface area contributed by atoms with E-state index in [1.807, 2.05) is 19.1 Å². The molecule has 1 heterocycles. The molecule has 1 aromatic heterocycles. The predicted octanol–water partition coefficient (Wildman–Crippen LogP) is 5.39. The van der Waals surface area contributed by atoms with E-state index < -0.39 is 0 Å². The fraction of sp³-hybridized carbons (Fsp3) is 0.0588. The van der Waals surface area contributed by atoms with Gasteiger partial charge in [-0.25, -0.2) is 4.68 Å². The van der Waals surface area contributed by atoms with E-state index in [9.17, 15) is 4.79 Å². The van der Waals surface area contributed by atoms with Gasteiger partial charge in [-0.2, -0.15) is 5.10 Å². The van der Waals surface area contributed by atoms with Crippen LogP contribution in [0.5, 0.6) is 0 Å². The first kappa shape index (κ1) is 16.8. The molecule has 0 bridgehead atoms. The Morgan fingerprint density at radius 2 is 1.83 bits per heavy atom. The van der Waals surface area contributed by atoms with Crippen LogP contribution in [-0.2, 0) is 0 Å².